The second-order valence-corrected chi connectivity index (χ2v) is 6.73. The molecule has 7 N–H and O–H groups in total. The highest BCUT2D eigenvalue weighted by Crippen LogP contribution is 2.19. The highest BCUT2D eigenvalue weighted by molar-refractivity contribution is 7.98. The van der Waals surface area contributed by atoms with Crippen molar-refractivity contribution in [3.05, 3.63) is 11.7 Å². The number of rotatable bonds is 11. The summed E-state index contributed by atoms with van der Waals surface area (Å²) >= 11 is 2.71. The van der Waals surface area contributed by atoms with Crippen LogP contribution in [0.25, 0.3) is 0 Å². The van der Waals surface area contributed by atoms with E-state index in [1.54, 1.807) is 18.7 Å². The van der Waals surface area contributed by atoms with Gasteiger partial charge in [-0.25, -0.2) is 9.44 Å². The molecule has 1 aromatic heterocycles. The molecule has 0 aromatic carbocycles. The molecule has 1 heterocycles. The van der Waals surface area contributed by atoms with Crippen LogP contribution in [0.3, 0.4) is 0 Å². The lowest BCUT2D eigenvalue weighted by Gasteiger charge is -2.18. The van der Waals surface area contributed by atoms with Crippen molar-refractivity contribution in [2.75, 3.05) is 12.0 Å². The van der Waals surface area contributed by atoms with Gasteiger partial charge in [-0.15, -0.1) is 0 Å². The molecule has 0 saturated carbocycles. The topological polar surface area (TPSA) is 152 Å². The predicted molar refractivity (Wildman–Crippen MR) is 91.2 cm³/mol. The van der Waals surface area contributed by atoms with E-state index in [4.69, 9.17) is 16.0 Å². The summed E-state index contributed by atoms with van der Waals surface area (Å²) in [6.45, 7) is 3.51. The number of primary amides is 1. The molecule has 132 valence electrons. The number of amides is 1. The van der Waals surface area contributed by atoms with E-state index in [1.165, 1.54) is 0 Å². The van der Waals surface area contributed by atoms with Crippen molar-refractivity contribution >= 4 is 29.8 Å². The zero-order valence-electron chi connectivity index (χ0n) is 13.4. The number of nitrogens with zero attached hydrogens (tertiary/aromatic N) is 2. The maximum atomic E-state index is 11.2. The van der Waals surface area contributed by atoms with Crippen molar-refractivity contribution in [2.45, 2.75) is 44.5 Å². The average molecular weight is 364 g/mol. The van der Waals surface area contributed by atoms with Crippen LogP contribution >= 0.6 is 23.9 Å². The molecule has 4 atom stereocenters. The monoisotopic (exact) mass is 364 g/mol. The Labute approximate surface area is 144 Å². The summed E-state index contributed by atoms with van der Waals surface area (Å²) in [6.07, 6.45) is 1.42. The van der Waals surface area contributed by atoms with Crippen LogP contribution in [0.15, 0.2) is 4.52 Å². The molecule has 0 radical (unpaired) electrons. The number of carbonyl (C=O) groups excluding carboxylic acids is 1. The van der Waals surface area contributed by atoms with Crippen LogP contribution < -0.4 is 20.9 Å². The summed E-state index contributed by atoms with van der Waals surface area (Å²) in [5.41, 5.74) is 11.2. The minimum atomic E-state index is -0.547. The van der Waals surface area contributed by atoms with E-state index in [0.29, 0.717) is 11.6 Å². The van der Waals surface area contributed by atoms with E-state index >= 15 is 0 Å². The Kier molecular flexibility index (Phi) is 8.87. The molecule has 0 fully saturated rings. The van der Waals surface area contributed by atoms with Crippen LogP contribution in [0.4, 0.5) is 0 Å². The van der Waals surface area contributed by atoms with Gasteiger partial charge in [0.25, 0.3) is 0 Å². The van der Waals surface area contributed by atoms with Gasteiger partial charge in [0.2, 0.25) is 11.8 Å². The van der Waals surface area contributed by atoms with Gasteiger partial charge in [-0.1, -0.05) is 5.16 Å². The summed E-state index contributed by atoms with van der Waals surface area (Å²) in [6, 6.07) is -1.03. The Morgan fingerprint density at radius 2 is 2.13 bits per heavy atom. The van der Waals surface area contributed by atoms with Crippen LogP contribution in [-0.4, -0.2) is 45.3 Å². The third-order valence-corrected chi connectivity index (χ3v) is 4.59. The minimum absolute atomic E-state index is 0.00284. The lowest BCUT2D eigenvalue weighted by Crippen LogP contribution is -2.34. The van der Waals surface area contributed by atoms with Gasteiger partial charge in [0, 0.05) is 23.9 Å². The zero-order chi connectivity index (χ0) is 17.4. The van der Waals surface area contributed by atoms with Crippen molar-refractivity contribution in [1.82, 2.24) is 19.6 Å². The minimum Gasteiger partial charge on any atom is -0.392 e. The zero-order valence-corrected chi connectivity index (χ0v) is 15.0. The van der Waals surface area contributed by atoms with Gasteiger partial charge in [0.05, 0.1) is 18.6 Å². The summed E-state index contributed by atoms with van der Waals surface area (Å²) < 4.78 is 11.2. The van der Waals surface area contributed by atoms with Crippen LogP contribution in [0.5, 0.6) is 0 Å². The van der Waals surface area contributed by atoms with Gasteiger partial charge in [0.15, 0.2) is 5.82 Å². The van der Waals surface area contributed by atoms with Crippen LogP contribution in [0.1, 0.15) is 44.1 Å². The van der Waals surface area contributed by atoms with E-state index in [-0.39, 0.29) is 24.4 Å². The van der Waals surface area contributed by atoms with E-state index < -0.39 is 18.1 Å². The van der Waals surface area contributed by atoms with E-state index in [1.807, 2.05) is 13.2 Å². The molecule has 0 bridgehead atoms. The number of hydrogen-bond donors (Lipinski definition) is 5. The molecule has 0 aliphatic carbocycles. The summed E-state index contributed by atoms with van der Waals surface area (Å²) in [7, 11) is 0. The molecular formula is C12H24N6O3S2. The summed E-state index contributed by atoms with van der Waals surface area (Å²) in [4.78, 5) is 15.5. The molecule has 23 heavy (non-hydrogen) atoms. The second kappa shape index (κ2) is 10.1. The third kappa shape index (κ3) is 7.06. The van der Waals surface area contributed by atoms with E-state index in [9.17, 15) is 9.90 Å². The van der Waals surface area contributed by atoms with Crippen molar-refractivity contribution in [3.63, 3.8) is 0 Å². The fourth-order valence-corrected chi connectivity index (χ4v) is 2.76. The number of aliphatic hydroxyl groups excluding tert-OH is 1. The number of carbonyl (C=O) groups is 1. The molecule has 11 heteroatoms. The number of thioether (sulfide) groups is 1. The first kappa shape index (κ1) is 20.2. The standard InChI is InChI=1S/C12H24N6O3S2/c1-6(7(2)19)17-23-18-9(4-10(14)20)12-15-11(16-21-12)8(13)5-22-3/h6-9,17-19H,4-5,13H2,1-3H3,(H2,14,20). The molecule has 1 rings (SSSR count). The van der Waals surface area contributed by atoms with Crippen molar-refractivity contribution < 1.29 is 14.4 Å². The Morgan fingerprint density at radius 1 is 1.43 bits per heavy atom. The highest BCUT2D eigenvalue weighted by Gasteiger charge is 2.23. The van der Waals surface area contributed by atoms with Gasteiger partial charge in [-0.2, -0.15) is 16.7 Å². The predicted octanol–water partition coefficient (Wildman–Crippen LogP) is -0.139. The number of hydrogen-bond acceptors (Lipinski definition) is 10. The highest BCUT2D eigenvalue weighted by atomic mass is 32.2. The molecule has 0 saturated heterocycles. The first-order chi connectivity index (χ1) is 10.8. The Balaban J connectivity index is 2.68. The van der Waals surface area contributed by atoms with Crippen LogP contribution in [0.2, 0.25) is 0 Å². The van der Waals surface area contributed by atoms with Crippen molar-refractivity contribution in [3.8, 4) is 0 Å². The molecular weight excluding hydrogens is 340 g/mol. The fraction of sp³-hybridized carbons (Fsp3) is 0.750. The Morgan fingerprint density at radius 3 is 2.70 bits per heavy atom. The molecule has 0 aliphatic heterocycles. The maximum absolute atomic E-state index is 11.2. The first-order valence-corrected chi connectivity index (χ1v) is 9.27. The number of nitrogens with two attached hydrogens (primary N) is 2. The SMILES string of the molecule is CSCC(N)c1noc(C(CC(N)=O)NSNC(C)C(C)O)n1. The van der Waals surface area contributed by atoms with Crippen LogP contribution in [-0.2, 0) is 4.79 Å². The van der Waals surface area contributed by atoms with E-state index in [2.05, 4.69) is 19.6 Å². The third-order valence-electron chi connectivity index (χ3n) is 3.01. The normalized spacial score (nSPS) is 16.7. The van der Waals surface area contributed by atoms with E-state index in [0.717, 1.165) is 12.1 Å². The second-order valence-electron chi connectivity index (χ2n) is 5.14. The van der Waals surface area contributed by atoms with Gasteiger partial charge in [-0.3, -0.25) is 4.79 Å². The molecule has 9 nitrogen and oxygen atoms in total. The van der Waals surface area contributed by atoms with Crippen LogP contribution in [0, 0.1) is 0 Å². The average Bonchev–Trinajstić information content (AvgIpc) is 2.95. The summed E-state index contributed by atoms with van der Waals surface area (Å²) in [5, 5.41) is 13.3. The lowest BCUT2D eigenvalue weighted by atomic mass is 10.2. The first-order valence-electron chi connectivity index (χ1n) is 7.06. The van der Waals surface area contributed by atoms with Gasteiger partial charge < -0.3 is 21.1 Å². The maximum Gasteiger partial charge on any atom is 0.245 e. The smallest absolute Gasteiger partial charge is 0.245 e. The quantitative estimate of drug-likeness (QED) is 0.335. The number of aliphatic hydroxyl groups is 1. The number of nitrogens with one attached hydrogen (secondary N) is 2. The van der Waals surface area contributed by atoms with Gasteiger partial charge in [0.1, 0.15) is 6.04 Å². The van der Waals surface area contributed by atoms with Gasteiger partial charge in [-0.05, 0) is 20.1 Å². The van der Waals surface area contributed by atoms with Crippen molar-refractivity contribution in [1.29, 1.82) is 0 Å². The molecule has 1 amide bonds. The van der Waals surface area contributed by atoms with Gasteiger partial charge >= 0.3 is 0 Å². The molecule has 1 aromatic rings. The Hall–Kier alpha value is -0.850. The number of aromatic nitrogens is 2. The molecule has 0 spiro atoms. The largest absolute Gasteiger partial charge is 0.392 e. The Bertz CT molecular complexity index is 487. The summed E-state index contributed by atoms with van der Waals surface area (Å²) in [5.74, 6) is 0.796. The molecule has 0 aliphatic rings. The fourth-order valence-electron chi connectivity index (χ4n) is 1.47. The lowest BCUT2D eigenvalue weighted by molar-refractivity contribution is -0.118. The molecule has 4 unspecified atom stereocenters. The van der Waals surface area contributed by atoms with Crippen molar-refractivity contribution in [2.24, 2.45) is 11.5 Å².